The van der Waals surface area contributed by atoms with E-state index >= 15 is 0 Å². The number of fused-ring (bicyclic) bond motifs is 1. The minimum atomic E-state index is -4.10. The number of ether oxygens (including phenoxy) is 4. The summed E-state index contributed by atoms with van der Waals surface area (Å²) in [6, 6.07) is 17.5. The Bertz CT molecular complexity index is 1660. The van der Waals surface area contributed by atoms with Crippen molar-refractivity contribution >= 4 is 21.6 Å². The van der Waals surface area contributed by atoms with Crippen molar-refractivity contribution in [1.29, 1.82) is 0 Å². The molecule has 10 nitrogen and oxygen atoms in total. The van der Waals surface area contributed by atoms with Gasteiger partial charge in [0.1, 0.15) is 10.9 Å². The van der Waals surface area contributed by atoms with E-state index in [0.717, 1.165) is 64.1 Å². The van der Waals surface area contributed by atoms with Crippen molar-refractivity contribution in [1.82, 2.24) is 13.7 Å². The van der Waals surface area contributed by atoms with Crippen molar-refractivity contribution in [3.8, 4) is 23.0 Å². The van der Waals surface area contributed by atoms with Crippen LogP contribution in [-0.4, -0.2) is 97.4 Å². The lowest BCUT2D eigenvalue weighted by atomic mass is 9.98. The summed E-state index contributed by atoms with van der Waals surface area (Å²) in [6.07, 6.45) is 2.67. The lowest BCUT2D eigenvalue weighted by Gasteiger charge is -2.42. The van der Waals surface area contributed by atoms with E-state index in [4.69, 9.17) is 18.9 Å². The number of para-hydroxylation sites is 2. The summed E-state index contributed by atoms with van der Waals surface area (Å²) < 4.78 is 50.6. The summed E-state index contributed by atoms with van der Waals surface area (Å²) in [5, 5.41) is 0. The molecule has 2 aliphatic heterocycles. The molecule has 2 heterocycles. The zero-order valence-electron chi connectivity index (χ0n) is 29.1. The molecule has 0 radical (unpaired) electrons. The third kappa shape index (κ3) is 6.65. The van der Waals surface area contributed by atoms with Gasteiger partial charge in [0.05, 0.1) is 33.9 Å². The van der Waals surface area contributed by atoms with E-state index < -0.39 is 25.9 Å². The van der Waals surface area contributed by atoms with Gasteiger partial charge in [-0.25, -0.2) is 4.79 Å². The highest BCUT2D eigenvalue weighted by Gasteiger charge is 2.61. The molecular weight excluding hydrogens is 630 g/mol. The quantitative estimate of drug-likeness (QED) is 0.162. The number of sulfonamides is 1. The maximum Gasteiger partial charge on any atom is 0.341 e. The molecule has 1 fully saturated rings. The van der Waals surface area contributed by atoms with Crippen LogP contribution < -0.4 is 22.8 Å². The first-order valence-corrected chi connectivity index (χ1v) is 18.3. The van der Waals surface area contributed by atoms with Gasteiger partial charge in [-0.3, -0.25) is 0 Å². The van der Waals surface area contributed by atoms with E-state index in [-0.39, 0.29) is 10.8 Å². The Hall–Kier alpha value is -3.64. The molecule has 11 heteroatoms. The molecule has 3 aromatic carbocycles. The van der Waals surface area contributed by atoms with Gasteiger partial charge in [0, 0.05) is 38.8 Å². The topological polar surface area (TPSA) is 94.6 Å². The number of methoxy groups -OCH3 is 3. The second-order valence-electron chi connectivity index (χ2n) is 12.8. The molecule has 0 aliphatic carbocycles. The number of unbranched alkanes of at least 4 members (excludes halogenated alkanes) is 1. The molecule has 0 bridgehead atoms. The highest BCUT2D eigenvalue weighted by Crippen LogP contribution is 2.48. The van der Waals surface area contributed by atoms with Crippen molar-refractivity contribution in [3.63, 3.8) is 0 Å². The van der Waals surface area contributed by atoms with Crippen LogP contribution in [-0.2, 0) is 21.2 Å². The number of amides is 1. The highest BCUT2D eigenvalue weighted by molar-refractivity contribution is 7.91. The molecule has 3 aromatic rings. The van der Waals surface area contributed by atoms with Crippen LogP contribution in [0.1, 0.15) is 50.7 Å². The molecule has 0 saturated carbocycles. The number of benzene rings is 3. The van der Waals surface area contributed by atoms with Gasteiger partial charge in [-0.05, 0) is 82.0 Å². The number of rotatable bonds is 14. The average molecular weight is 681 g/mol. The molecular formula is C37H50N3O7S+. The predicted octanol–water partition coefficient (Wildman–Crippen LogP) is 5.48. The predicted molar refractivity (Wildman–Crippen MR) is 188 cm³/mol. The first-order valence-electron chi connectivity index (χ1n) is 16.8. The molecule has 0 N–H and O–H groups in total. The third-order valence-corrected chi connectivity index (χ3v) is 12.2. The van der Waals surface area contributed by atoms with Crippen molar-refractivity contribution < 1.29 is 32.2 Å². The molecule has 2 atom stereocenters. The van der Waals surface area contributed by atoms with Gasteiger partial charge in [0.2, 0.25) is 5.75 Å². The van der Waals surface area contributed by atoms with Crippen LogP contribution in [0.3, 0.4) is 0 Å². The second kappa shape index (κ2) is 15.3. The van der Waals surface area contributed by atoms with Crippen LogP contribution >= 0.6 is 0 Å². The standard InChI is InChI=1S/C37H50N3O7S/c1-27(2)40(37(41)28(3)30-13-7-10-16-35(30)48(40,42)43)31-14-8-9-15-32(31)47-24-12-11-18-38-20-22-39(23-21-38)19-17-29-25-33(44-4)36(46-6)34(26-29)45-5/h7-10,13-16,25-28H,11-12,17-24H2,1-6H3/q+1. The number of nitrogens with zero attached hydrogens (tertiary/aromatic N) is 3. The number of carbonyl (C=O) groups excluding carboxylic acids is 1. The molecule has 48 heavy (non-hydrogen) atoms. The number of hydrogen-bond donors (Lipinski definition) is 0. The Labute approximate surface area is 285 Å². The first-order chi connectivity index (χ1) is 23.1. The van der Waals surface area contributed by atoms with Crippen molar-refractivity contribution in [2.75, 3.05) is 67.2 Å². The van der Waals surface area contributed by atoms with Crippen LogP contribution in [0.4, 0.5) is 5.69 Å². The van der Waals surface area contributed by atoms with E-state index in [1.54, 1.807) is 84.6 Å². The van der Waals surface area contributed by atoms with Crippen molar-refractivity contribution in [3.05, 3.63) is 71.8 Å². The summed E-state index contributed by atoms with van der Waals surface area (Å²) in [6.45, 7) is 11.8. The average Bonchev–Trinajstić information content (AvgIpc) is 3.10. The zero-order chi connectivity index (χ0) is 34.5. The van der Waals surface area contributed by atoms with Gasteiger partial charge in [0.15, 0.2) is 22.9 Å². The summed E-state index contributed by atoms with van der Waals surface area (Å²) in [5.41, 5.74) is 2.08. The van der Waals surface area contributed by atoms with Gasteiger partial charge >= 0.3 is 15.9 Å². The highest BCUT2D eigenvalue weighted by atomic mass is 32.2. The Balaban J connectivity index is 1.14. The molecule has 2 aliphatic rings. The van der Waals surface area contributed by atoms with Crippen LogP contribution in [0.25, 0.3) is 0 Å². The number of hydrogen-bond acceptors (Lipinski definition) is 9. The minimum absolute atomic E-state index is 0.210. The zero-order valence-corrected chi connectivity index (χ0v) is 29.9. The maximum atomic E-state index is 14.3. The SMILES string of the molecule is COc1cc(CCN2CCN(CCCCOc3ccccc3[N+]3(C(C)C)C(=O)C(C)c4ccccc4S3(=O)=O)CC2)cc(OC)c1OC. The Morgan fingerprint density at radius 2 is 1.42 bits per heavy atom. The molecule has 5 rings (SSSR count). The lowest BCUT2D eigenvalue weighted by Crippen LogP contribution is -2.65. The molecule has 260 valence electrons. The van der Waals surface area contributed by atoms with Gasteiger partial charge < -0.3 is 28.7 Å². The fourth-order valence-corrected chi connectivity index (χ4v) is 9.57. The van der Waals surface area contributed by atoms with Crippen molar-refractivity contribution in [2.45, 2.75) is 56.9 Å². The van der Waals surface area contributed by atoms with Crippen LogP contribution in [0, 0.1) is 0 Å². The third-order valence-electron chi connectivity index (χ3n) is 9.72. The molecule has 1 saturated heterocycles. The van der Waals surface area contributed by atoms with Crippen LogP contribution in [0.5, 0.6) is 23.0 Å². The fourth-order valence-electron chi connectivity index (χ4n) is 7.10. The normalized spacial score (nSPS) is 21.1. The summed E-state index contributed by atoms with van der Waals surface area (Å²) in [7, 11) is 0.784. The number of piperazine rings is 1. The Kier molecular flexibility index (Phi) is 11.4. The smallest absolute Gasteiger partial charge is 0.341 e. The number of carbonyl (C=O) groups is 1. The van der Waals surface area contributed by atoms with E-state index in [0.29, 0.717) is 40.9 Å². The van der Waals surface area contributed by atoms with Gasteiger partial charge in [-0.1, -0.05) is 30.3 Å². The van der Waals surface area contributed by atoms with E-state index in [1.807, 2.05) is 18.2 Å². The van der Waals surface area contributed by atoms with E-state index in [2.05, 4.69) is 9.80 Å². The fraction of sp³-hybridized carbons (Fsp3) is 0.486. The monoisotopic (exact) mass is 680 g/mol. The van der Waals surface area contributed by atoms with Gasteiger partial charge in [-0.15, -0.1) is 3.89 Å². The largest absolute Gasteiger partial charge is 0.493 e. The molecule has 1 amide bonds. The summed E-state index contributed by atoms with van der Waals surface area (Å²) >= 11 is 0. The van der Waals surface area contributed by atoms with Crippen LogP contribution in [0.2, 0.25) is 0 Å². The molecule has 0 spiro atoms. The van der Waals surface area contributed by atoms with E-state index in [1.165, 1.54) is 0 Å². The Morgan fingerprint density at radius 1 is 0.812 bits per heavy atom. The van der Waals surface area contributed by atoms with E-state index in [9.17, 15) is 13.2 Å². The summed E-state index contributed by atoms with van der Waals surface area (Å²) in [4.78, 5) is 19.3. The first kappa shape index (κ1) is 35.7. The maximum absolute atomic E-state index is 14.3. The van der Waals surface area contributed by atoms with Crippen molar-refractivity contribution in [2.24, 2.45) is 0 Å². The minimum Gasteiger partial charge on any atom is -0.493 e. The van der Waals surface area contributed by atoms with Gasteiger partial charge in [0.25, 0.3) is 0 Å². The molecule has 2 unspecified atom stereocenters. The second-order valence-corrected chi connectivity index (χ2v) is 14.8. The van der Waals surface area contributed by atoms with Crippen LogP contribution in [0.15, 0.2) is 65.6 Å². The lowest BCUT2D eigenvalue weighted by molar-refractivity contribution is -0.128. The molecule has 0 aromatic heterocycles. The Morgan fingerprint density at radius 3 is 2.04 bits per heavy atom. The van der Waals surface area contributed by atoms with Gasteiger partial charge in [-0.2, -0.15) is 8.42 Å². The number of quaternary nitrogens is 1. The summed E-state index contributed by atoms with van der Waals surface area (Å²) in [5.74, 6) is 1.47.